The Hall–Kier alpha value is -0.780. The molecule has 0 saturated heterocycles. The molecule has 1 fully saturated rings. The second kappa shape index (κ2) is 6.78. The molecule has 0 aliphatic heterocycles. The summed E-state index contributed by atoms with van der Waals surface area (Å²) in [6.45, 7) is 2.05. The summed E-state index contributed by atoms with van der Waals surface area (Å²) in [6.07, 6.45) is 1.41. The summed E-state index contributed by atoms with van der Waals surface area (Å²) in [4.78, 5) is 14.0. The summed E-state index contributed by atoms with van der Waals surface area (Å²) >= 11 is 9.23. The third-order valence-electron chi connectivity index (χ3n) is 3.16. The van der Waals surface area contributed by atoms with Gasteiger partial charge in [0, 0.05) is 17.6 Å². The van der Waals surface area contributed by atoms with Crippen molar-refractivity contribution in [3.63, 3.8) is 0 Å². The Morgan fingerprint density at radius 2 is 2.30 bits per heavy atom. The maximum atomic E-state index is 12.3. The molecule has 110 valence electrons. The molecular formula is C14H17BrClNO3. The highest BCUT2D eigenvalue weighted by Crippen LogP contribution is 2.30. The largest absolute Gasteiger partial charge is 0.480 e. The zero-order valence-corrected chi connectivity index (χ0v) is 13.5. The fourth-order valence-electron chi connectivity index (χ4n) is 2.01. The molecule has 0 aromatic heterocycles. The van der Waals surface area contributed by atoms with Gasteiger partial charge in [0.05, 0.1) is 11.1 Å². The molecular weight excluding hydrogens is 346 g/mol. The van der Waals surface area contributed by atoms with Crippen LogP contribution in [0, 0.1) is 0 Å². The van der Waals surface area contributed by atoms with Gasteiger partial charge in [0.1, 0.15) is 5.75 Å². The predicted molar refractivity (Wildman–Crippen MR) is 81.1 cm³/mol. The Kier molecular flexibility index (Phi) is 5.29. The Bertz CT molecular complexity index is 493. The molecule has 0 radical (unpaired) electrons. The number of nitrogens with zero attached hydrogens (tertiary/aromatic N) is 1. The van der Waals surface area contributed by atoms with Gasteiger partial charge in [0.25, 0.3) is 5.91 Å². The molecule has 20 heavy (non-hydrogen) atoms. The van der Waals surface area contributed by atoms with Gasteiger partial charge in [0.2, 0.25) is 0 Å². The molecule has 1 aliphatic rings. The zero-order chi connectivity index (χ0) is 14.7. The first-order valence-electron chi connectivity index (χ1n) is 6.56. The second-order valence-corrected chi connectivity index (χ2v) is 6.11. The van der Waals surface area contributed by atoms with Crippen molar-refractivity contribution in [3.05, 3.63) is 27.7 Å². The lowest BCUT2D eigenvalue weighted by Crippen LogP contribution is -2.43. The number of aliphatic hydroxyl groups excluding tert-OH is 1. The van der Waals surface area contributed by atoms with Crippen molar-refractivity contribution in [2.24, 2.45) is 0 Å². The van der Waals surface area contributed by atoms with Crippen LogP contribution < -0.4 is 4.74 Å². The van der Waals surface area contributed by atoms with Crippen molar-refractivity contribution in [2.75, 3.05) is 13.2 Å². The number of carbonyl (C=O) groups is 1. The van der Waals surface area contributed by atoms with E-state index in [0.29, 0.717) is 21.8 Å². The molecule has 1 saturated carbocycles. The molecule has 1 unspecified atom stereocenters. The van der Waals surface area contributed by atoms with Crippen LogP contribution in [0.3, 0.4) is 0 Å². The van der Waals surface area contributed by atoms with Crippen LogP contribution in [-0.2, 0) is 4.79 Å². The minimum absolute atomic E-state index is 0.0282. The lowest BCUT2D eigenvalue weighted by atomic mass is 10.3. The maximum Gasteiger partial charge on any atom is 0.263 e. The number of ether oxygens (including phenoxy) is 1. The molecule has 0 bridgehead atoms. The molecule has 1 atom stereocenters. The highest BCUT2D eigenvalue weighted by atomic mass is 79.9. The number of aliphatic hydroxyl groups is 1. The molecule has 2 rings (SSSR count). The first-order valence-corrected chi connectivity index (χ1v) is 7.73. The summed E-state index contributed by atoms with van der Waals surface area (Å²) in [5.41, 5.74) is 0. The van der Waals surface area contributed by atoms with Crippen molar-refractivity contribution in [1.29, 1.82) is 0 Å². The van der Waals surface area contributed by atoms with Gasteiger partial charge < -0.3 is 14.7 Å². The lowest BCUT2D eigenvalue weighted by Gasteiger charge is -2.25. The van der Waals surface area contributed by atoms with Crippen LogP contribution in [0.1, 0.15) is 19.8 Å². The molecule has 0 spiro atoms. The van der Waals surface area contributed by atoms with Crippen LogP contribution in [0.2, 0.25) is 5.02 Å². The fourth-order valence-corrected chi connectivity index (χ4v) is 2.79. The third kappa shape index (κ3) is 3.87. The monoisotopic (exact) mass is 361 g/mol. The maximum absolute atomic E-state index is 12.3. The van der Waals surface area contributed by atoms with Crippen molar-refractivity contribution >= 4 is 33.4 Å². The van der Waals surface area contributed by atoms with Crippen LogP contribution >= 0.6 is 27.5 Å². The number of hydrogen-bond donors (Lipinski definition) is 1. The predicted octanol–water partition coefficient (Wildman–Crippen LogP) is 2.85. The van der Waals surface area contributed by atoms with Crippen molar-refractivity contribution in [3.8, 4) is 5.75 Å². The van der Waals surface area contributed by atoms with E-state index in [1.54, 1.807) is 30.0 Å². The van der Waals surface area contributed by atoms with Crippen molar-refractivity contribution in [2.45, 2.75) is 31.9 Å². The molecule has 0 heterocycles. The Labute approximate surface area is 131 Å². The molecule has 1 aliphatic carbocycles. The highest BCUT2D eigenvalue weighted by Gasteiger charge is 2.34. The molecule has 1 N–H and O–H groups in total. The van der Waals surface area contributed by atoms with Gasteiger partial charge in [-0.15, -0.1) is 0 Å². The molecule has 6 heteroatoms. The van der Waals surface area contributed by atoms with Crippen LogP contribution in [0.25, 0.3) is 0 Å². The van der Waals surface area contributed by atoms with E-state index in [2.05, 4.69) is 15.9 Å². The van der Waals surface area contributed by atoms with Gasteiger partial charge in [-0.2, -0.15) is 0 Å². The van der Waals surface area contributed by atoms with Crippen LogP contribution in [-0.4, -0.2) is 41.2 Å². The lowest BCUT2D eigenvalue weighted by molar-refractivity contribution is -0.139. The van der Waals surface area contributed by atoms with E-state index in [1.165, 1.54) is 0 Å². The van der Waals surface area contributed by atoms with E-state index in [0.717, 1.165) is 12.8 Å². The molecule has 4 nitrogen and oxygen atoms in total. The van der Waals surface area contributed by atoms with E-state index in [9.17, 15) is 4.79 Å². The minimum atomic E-state index is -0.598. The summed E-state index contributed by atoms with van der Waals surface area (Å²) < 4.78 is 6.40. The van der Waals surface area contributed by atoms with Gasteiger partial charge in [-0.05, 0) is 53.9 Å². The van der Waals surface area contributed by atoms with Crippen molar-refractivity contribution < 1.29 is 14.6 Å². The quantitative estimate of drug-likeness (QED) is 0.846. The number of carbonyl (C=O) groups excluding carboxylic acids is 1. The molecule has 1 aromatic carbocycles. The average molecular weight is 363 g/mol. The SMILES string of the molecule is CC(Oc1ccc(Cl)cc1Br)C(=O)N(CCO)C1CC1. The van der Waals surface area contributed by atoms with E-state index in [4.69, 9.17) is 21.4 Å². The van der Waals surface area contributed by atoms with Gasteiger partial charge in [0.15, 0.2) is 6.10 Å². The average Bonchev–Trinajstić information content (AvgIpc) is 3.22. The minimum Gasteiger partial charge on any atom is -0.480 e. The smallest absolute Gasteiger partial charge is 0.263 e. The number of rotatable bonds is 6. The van der Waals surface area contributed by atoms with Crippen LogP contribution in [0.5, 0.6) is 5.75 Å². The third-order valence-corrected chi connectivity index (χ3v) is 4.01. The standard InChI is InChI=1S/C14H17BrClNO3/c1-9(14(19)17(6-7-18)11-3-4-11)20-13-5-2-10(16)8-12(13)15/h2,5,8-9,11,18H,3-4,6-7H2,1H3. The van der Waals surface area contributed by atoms with Crippen molar-refractivity contribution in [1.82, 2.24) is 4.90 Å². The van der Waals surface area contributed by atoms with Gasteiger partial charge in [-0.25, -0.2) is 0 Å². The Morgan fingerprint density at radius 3 is 2.85 bits per heavy atom. The van der Waals surface area contributed by atoms with E-state index >= 15 is 0 Å². The summed E-state index contributed by atoms with van der Waals surface area (Å²) in [5, 5.41) is 9.65. The molecule has 1 aromatic rings. The topological polar surface area (TPSA) is 49.8 Å². The van der Waals surface area contributed by atoms with E-state index in [1.807, 2.05) is 0 Å². The van der Waals surface area contributed by atoms with Gasteiger partial charge in [-0.1, -0.05) is 11.6 Å². The normalized spacial score (nSPS) is 15.8. The summed E-state index contributed by atoms with van der Waals surface area (Å²) in [5.74, 6) is 0.485. The zero-order valence-electron chi connectivity index (χ0n) is 11.2. The van der Waals surface area contributed by atoms with Crippen LogP contribution in [0.15, 0.2) is 22.7 Å². The summed E-state index contributed by atoms with van der Waals surface area (Å²) in [6, 6.07) is 5.42. The first kappa shape index (κ1) is 15.6. The number of hydrogen-bond acceptors (Lipinski definition) is 3. The second-order valence-electron chi connectivity index (χ2n) is 4.82. The van der Waals surface area contributed by atoms with Gasteiger partial charge in [-0.3, -0.25) is 4.79 Å². The fraction of sp³-hybridized carbons (Fsp3) is 0.500. The van der Waals surface area contributed by atoms with Crippen LogP contribution in [0.4, 0.5) is 0 Å². The number of halogens is 2. The first-order chi connectivity index (χ1) is 9.52. The van der Waals surface area contributed by atoms with E-state index < -0.39 is 6.10 Å². The number of benzene rings is 1. The highest BCUT2D eigenvalue weighted by molar-refractivity contribution is 9.10. The van der Waals surface area contributed by atoms with E-state index in [-0.39, 0.29) is 18.6 Å². The Balaban J connectivity index is 2.02. The Morgan fingerprint density at radius 1 is 1.60 bits per heavy atom. The summed E-state index contributed by atoms with van der Waals surface area (Å²) in [7, 11) is 0. The number of amides is 1. The van der Waals surface area contributed by atoms with Gasteiger partial charge >= 0.3 is 0 Å². The molecule has 1 amide bonds.